The number of carbonyl (C=O) groups excluding carboxylic acids is 2. The molecule has 1 atom stereocenters. The van der Waals surface area contributed by atoms with E-state index in [4.69, 9.17) is 32.7 Å². The number of carbonyl (C=O) groups is 2. The maximum absolute atomic E-state index is 14.8. The van der Waals surface area contributed by atoms with Gasteiger partial charge in [-0.25, -0.2) is 8.42 Å². The van der Waals surface area contributed by atoms with E-state index in [0.717, 1.165) is 42.0 Å². The highest BCUT2D eigenvalue weighted by molar-refractivity contribution is 7.92. The molecule has 264 valence electrons. The minimum atomic E-state index is -4.38. The number of rotatable bonds is 14. The third-order valence-corrected chi connectivity index (χ3v) is 11.2. The van der Waals surface area contributed by atoms with Crippen LogP contribution in [0.15, 0.2) is 102 Å². The quantitative estimate of drug-likeness (QED) is 0.146. The van der Waals surface area contributed by atoms with Crippen LogP contribution >= 0.6 is 23.2 Å². The van der Waals surface area contributed by atoms with Gasteiger partial charge in [0.2, 0.25) is 11.8 Å². The molecule has 2 amide bonds. The van der Waals surface area contributed by atoms with Gasteiger partial charge in [-0.1, -0.05) is 91.0 Å². The zero-order valence-corrected chi connectivity index (χ0v) is 30.4. The Bertz CT molecular complexity index is 1870. The van der Waals surface area contributed by atoms with Crippen molar-refractivity contribution in [3.63, 3.8) is 0 Å². The number of hydrogen-bond donors (Lipinski definition) is 1. The van der Waals surface area contributed by atoms with E-state index in [1.54, 1.807) is 36.4 Å². The number of anilines is 1. The van der Waals surface area contributed by atoms with Crippen LogP contribution in [0.3, 0.4) is 0 Å². The highest BCUT2D eigenvalue weighted by Crippen LogP contribution is 2.33. The molecule has 1 saturated carbocycles. The van der Waals surface area contributed by atoms with Gasteiger partial charge in [-0.3, -0.25) is 13.9 Å². The molecule has 9 nitrogen and oxygen atoms in total. The third kappa shape index (κ3) is 9.10. The summed E-state index contributed by atoms with van der Waals surface area (Å²) in [5.74, 6) is -0.344. The van der Waals surface area contributed by atoms with E-state index in [1.165, 1.54) is 49.5 Å². The Kier molecular flexibility index (Phi) is 12.7. The molecule has 1 N–H and O–H groups in total. The van der Waals surface area contributed by atoms with E-state index in [0.29, 0.717) is 21.4 Å². The topological polar surface area (TPSA) is 105 Å². The summed E-state index contributed by atoms with van der Waals surface area (Å²) >= 11 is 12.8. The maximum atomic E-state index is 14.8. The number of nitrogens with one attached hydrogen (secondary N) is 1. The lowest BCUT2D eigenvalue weighted by Gasteiger charge is -2.35. The molecule has 12 heteroatoms. The zero-order valence-electron chi connectivity index (χ0n) is 28.1. The van der Waals surface area contributed by atoms with Gasteiger partial charge in [0.15, 0.2) is 11.5 Å². The molecule has 0 aromatic heterocycles. The van der Waals surface area contributed by atoms with Crippen molar-refractivity contribution in [1.82, 2.24) is 10.2 Å². The molecule has 1 aliphatic rings. The minimum Gasteiger partial charge on any atom is -0.493 e. The minimum absolute atomic E-state index is 0.0113. The SMILES string of the molecule is COc1ccc(S(=O)(=O)N(CC(=O)N(Cc2ccccc2Cl)C(Cc2ccccc2)C(=O)NC2CCCCC2)c2ccc(Cl)cc2)cc1OC. The molecule has 1 aliphatic carbocycles. The first-order valence-electron chi connectivity index (χ1n) is 16.5. The Morgan fingerprint density at radius 2 is 1.50 bits per heavy atom. The summed E-state index contributed by atoms with van der Waals surface area (Å²) in [4.78, 5) is 30.4. The van der Waals surface area contributed by atoms with Crippen LogP contribution in [0.5, 0.6) is 11.5 Å². The Hall–Kier alpha value is -4.25. The van der Waals surface area contributed by atoms with Gasteiger partial charge in [-0.05, 0) is 66.4 Å². The van der Waals surface area contributed by atoms with E-state index in [-0.39, 0.29) is 41.2 Å². The first-order valence-corrected chi connectivity index (χ1v) is 18.7. The van der Waals surface area contributed by atoms with Crippen LogP contribution in [0, 0.1) is 0 Å². The smallest absolute Gasteiger partial charge is 0.264 e. The summed E-state index contributed by atoms with van der Waals surface area (Å²) in [7, 11) is -1.52. The first-order chi connectivity index (χ1) is 24.1. The number of sulfonamides is 1. The van der Waals surface area contributed by atoms with Gasteiger partial charge >= 0.3 is 0 Å². The van der Waals surface area contributed by atoms with Crippen LogP contribution in [0.1, 0.15) is 43.2 Å². The predicted octanol–water partition coefficient (Wildman–Crippen LogP) is 7.29. The van der Waals surface area contributed by atoms with Crippen LogP contribution in [-0.4, -0.2) is 58.0 Å². The molecule has 50 heavy (non-hydrogen) atoms. The number of halogens is 2. The predicted molar refractivity (Wildman–Crippen MR) is 196 cm³/mol. The number of amides is 2. The first kappa shape index (κ1) is 37.0. The van der Waals surface area contributed by atoms with Gasteiger partial charge < -0.3 is 19.7 Å². The molecular formula is C38H41Cl2N3O6S. The van der Waals surface area contributed by atoms with Crippen molar-refractivity contribution >= 4 is 50.7 Å². The van der Waals surface area contributed by atoms with Crippen molar-refractivity contribution < 1.29 is 27.5 Å². The highest BCUT2D eigenvalue weighted by Gasteiger charge is 2.36. The Labute approximate surface area is 304 Å². The van der Waals surface area contributed by atoms with Crippen LogP contribution < -0.4 is 19.1 Å². The number of methoxy groups -OCH3 is 2. The monoisotopic (exact) mass is 737 g/mol. The molecule has 0 spiro atoms. The molecule has 1 fully saturated rings. The number of ether oxygens (including phenoxy) is 2. The van der Waals surface area contributed by atoms with Gasteiger partial charge in [0.1, 0.15) is 12.6 Å². The molecule has 0 radical (unpaired) electrons. The molecule has 1 unspecified atom stereocenters. The summed E-state index contributed by atoms with van der Waals surface area (Å²) in [6.45, 7) is -0.649. The molecule has 5 rings (SSSR count). The second-order valence-corrected chi connectivity index (χ2v) is 14.9. The van der Waals surface area contributed by atoms with E-state index >= 15 is 0 Å². The van der Waals surface area contributed by atoms with Crippen molar-refractivity contribution in [2.45, 2.75) is 62.0 Å². The second-order valence-electron chi connectivity index (χ2n) is 12.2. The molecule has 4 aromatic rings. The standard InChI is InChI=1S/C38H41Cl2N3O6S/c1-48-35-22-21-32(24-36(35)49-2)50(46,47)43(31-19-17-29(39)18-20-31)26-37(44)42(25-28-13-9-10-16-33(28)40)34(23-27-11-5-3-6-12-27)38(45)41-30-14-7-4-8-15-30/h3,5-6,9-13,16-22,24,30,34H,4,7-8,14-15,23,25-26H2,1-2H3,(H,41,45). The molecule has 0 bridgehead atoms. The second kappa shape index (κ2) is 17.1. The summed E-state index contributed by atoms with van der Waals surface area (Å²) in [6.07, 6.45) is 5.07. The maximum Gasteiger partial charge on any atom is 0.264 e. The summed E-state index contributed by atoms with van der Waals surface area (Å²) in [5, 5.41) is 4.02. The fourth-order valence-electron chi connectivity index (χ4n) is 6.15. The van der Waals surface area contributed by atoms with Gasteiger partial charge in [0, 0.05) is 35.1 Å². The van der Waals surface area contributed by atoms with Crippen molar-refractivity contribution in [1.29, 1.82) is 0 Å². The number of nitrogens with zero attached hydrogens (tertiary/aromatic N) is 2. The van der Waals surface area contributed by atoms with Crippen LogP contribution in [0.4, 0.5) is 5.69 Å². The van der Waals surface area contributed by atoms with Gasteiger partial charge in [-0.15, -0.1) is 0 Å². The normalized spacial score (nSPS) is 14.0. The highest BCUT2D eigenvalue weighted by atomic mass is 35.5. The lowest BCUT2D eigenvalue weighted by molar-refractivity contribution is -0.140. The molecule has 4 aromatic carbocycles. The molecule has 0 aliphatic heterocycles. The zero-order chi connectivity index (χ0) is 35.7. The van der Waals surface area contributed by atoms with Crippen LogP contribution in [0.25, 0.3) is 0 Å². The van der Waals surface area contributed by atoms with E-state index in [1.807, 2.05) is 30.3 Å². The van der Waals surface area contributed by atoms with Gasteiger partial charge in [0.05, 0.1) is 24.8 Å². The van der Waals surface area contributed by atoms with Crippen molar-refractivity contribution in [2.75, 3.05) is 25.1 Å². The Morgan fingerprint density at radius 3 is 2.16 bits per heavy atom. The van der Waals surface area contributed by atoms with Crippen LogP contribution in [0.2, 0.25) is 10.0 Å². The average molecular weight is 739 g/mol. The summed E-state index contributed by atoms with van der Waals surface area (Å²) < 4.78 is 40.6. The van der Waals surface area contributed by atoms with Crippen molar-refractivity contribution in [2.24, 2.45) is 0 Å². The number of hydrogen-bond acceptors (Lipinski definition) is 6. The molecular weight excluding hydrogens is 697 g/mol. The number of benzene rings is 4. The lowest BCUT2D eigenvalue weighted by atomic mass is 9.94. The van der Waals surface area contributed by atoms with Crippen molar-refractivity contribution in [3.05, 3.63) is 118 Å². The van der Waals surface area contributed by atoms with E-state index < -0.39 is 28.5 Å². The van der Waals surface area contributed by atoms with Crippen molar-refractivity contribution in [3.8, 4) is 11.5 Å². The Balaban J connectivity index is 1.58. The van der Waals surface area contributed by atoms with E-state index in [2.05, 4.69) is 5.32 Å². The van der Waals surface area contributed by atoms with Gasteiger partial charge in [0.25, 0.3) is 10.0 Å². The fourth-order valence-corrected chi connectivity index (χ4v) is 7.90. The Morgan fingerprint density at radius 1 is 0.840 bits per heavy atom. The fraction of sp³-hybridized carbons (Fsp3) is 0.316. The lowest BCUT2D eigenvalue weighted by Crippen LogP contribution is -2.55. The van der Waals surface area contributed by atoms with E-state index in [9.17, 15) is 18.0 Å². The molecule has 0 heterocycles. The third-order valence-electron chi connectivity index (χ3n) is 8.86. The summed E-state index contributed by atoms with van der Waals surface area (Å²) in [6, 6.07) is 26.0. The van der Waals surface area contributed by atoms with Crippen LogP contribution in [-0.2, 0) is 32.6 Å². The largest absolute Gasteiger partial charge is 0.493 e. The summed E-state index contributed by atoms with van der Waals surface area (Å²) in [5.41, 5.74) is 1.68. The molecule has 0 saturated heterocycles. The van der Waals surface area contributed by atoms with Gasteiger partial charge in [-0.2, -0.15) is 0 Å². The average Bonchev–Trinajstić information content (AvgIpc) is 3.13.